The maximum atomic E-state index is 12.0. The number of benzene rings is 1. The highest BCUT2D eigenvalue weighted by Gasteiger charge is 2.10. The van der Waals surface area contributed by atoms with Crippen LogP contribution in [0, 0.1) is 0 Å². The van der Waals surface area contributed by atoms with Crippen molar-refractivity contribution >= 4 is 27.6 Å². The minimum atomic E-state index is -3.34. The average molecular weight is 377 g/mol. The van der Waals surface area contributed by atoms with Gasteiger partial charge in [-0.05, 0) is 36.8 Å². The van der Waals surface area contributed by atoms with Crippen LogP contribution in [-0.4, -0.2) is 38.8 Å². The minimum absolute atomic E-state index is 0.278. The van der Waals surface area contributed by atoms with Gasteiger partial charge in [0.15, 0.2) is 0 Å². The third kappa shape index (κ3) is 6.98. The normalized spacial score (nSPS) is 12.1. The fourth-order valence-corrected chi connectivity index (χ4v) is 2.81. The summed E-state index contributed by atoms with van der Waals surface area (Å²) in [4.78, 5) is 16.1. The smallest absolute Gasteiger partial charge is 0.315 e. The number of carbonyl (C=O) groups is 1. The summed E-state index contributed by atoms with van der Waals surface area (Å²) < 4.78 is 25.0. The van der Waals surface area contributed by atoms with Crippen LogP contribution in [0.1, 0.15) is 18.5 Å². The van der Waals surface area contributed by atoms with Gasteiger partial charge in [0.05, 0.1) is 12.3 Å². The highest BCUT2D eigenvalue weighted by atomic mass is 32.2. The number of carbonyl (C=O) groups excluding carboxylic acids is 1. The van der Waals surface area contributed by atoms with E-state index < -0.39 is 10.0 Å². The van der Waals surface area contributed by atoms with Crippen LogP contribution in [-0.2, 0) is 10.0 Å². The minimum Gasteiger partial charge on any atom is -0.368 e. The Balaban J connectivity index is 1.78. The van der Waals surface area contributed by atoms with E-state index in [1.807, 2.05) is 31.2 Å². The van der Waals surface area contributed by atoms with Crippen molar-refractivity contribution in [3.8, 4) is 0 Å². The van der Waals surface area contributed by atoms with Gasteiger partial charge < -0.3 is 16.0 Å². The second kappa shape index (κ2) is 9.04. The van der Waals surface area contributed by atoms with E-state index in [0.29, 0.717) is 18.8 Å². The number of hydrogen-bond acceptors (Lipinski definition) is 5. The van der Waals surface area contributed by atoms with E-state index in [2.05, 4.69) is 25.7 Å². The van der Waals surface area contributed by atoms with Crippen molar-refractivity contribution in [1.82, 2.24) is 15.6 Å². The van der Waals surface area contributed by atoms with Crippen LogP contribution >= 0.6 is 0 Å². The molecule has 1 atom stereocenters. The van der Waals surface area contributed by atoms with Gasteiger partial charge in [0.25, 0.3) is 0 Å². The third-order valence-corrected chi connectivity index (χ3v) is 4.03. The van der Waals surface area contributed by atoms with Crippen molar-refractivity contribution in [2.24, 2.45) is 0 Å². The summed E-state index contributed by atoms with van der Waals surface area (Å²) in [5.74, 6) is 0.748. The average Bonchev–Trinajstić information content (AvgIpc) is 2.58. The third-order valence-electron chi connectivity index (χ3n) is 3.42. The number of sulfonamides is 1. The van der Waals surface area contributed by atoms with Crippen molar-refractivity contribution in [2.75, 3.05) is 29.4 Å². The lowest BCUT2D eigenvalue weighted by molar-refractivity contribution is 0.238. The van der Waals surface area contributed by atoms with Crippen LogP contribution in [0.15, 0.2) is 48.7 Å². The van der Waals surface area contributed by atoms with E-state index in [1.165, 1.54) is 0 Å². The van der Waals surface area contributed by atoms with E-state index >= 15 is 0 Å². The fraction of sp³-hybridized carbons (Fsp3) is 0.294. The summed E-state index contributed by atoms with van der Waals surface area (Å²) in [5.41, 5.74) is 1.25. The molecule has 4 N–H and O–H groups in total. The molecule has 2 aromatic rings. The Morgan fingerprint density at radius 2 is 1.96 bits per heavy atom. The highest BCUT2D eigenvalue weighted by molar-refractivity contribution is 7.92. The van der Waals surface area contributed by atoms with E-state index in [-0.39, 0.29) is 12.1 Å². The standard InChI is InChI=1S/C17H23N5O3S/c1-13(14-6-5-7-15(12-14)22-26(2,24)25)21-17(23)20-11-10-19-16-8-3-4-9-18-16/h3-9,12-13,22H,10-11H2,1-2H3,(H,18,19)(H2,20,21,23)/t13-/m0/s1. The molecule has 26 heavy (non-hydrogen) atoms. The quantitative estimate of drug-likeness (QED) is 0.525. The van der Waals surface area contributed by atoms with Gasteiger partial charge in [-0.2, -0.15) is 0 Å². The summed E-state index contributed by atoms with van der Waals surface area (Å²) in [6, 6.07) is 11.9. The SMILES string of the molecule is C[C@H](NC(=O)NCCNc1ccccn1)c1cccc(NS(C)(=O)=O)c1. The maximum Gasteiger partial charge on any atom is 0.315 e. The Labute approximate surface area is 153 Å². The second-order valence-corrected chi connectivity index (χ2v) is 7.51. The zero-order valence-electron chi connectivity index (χ0n) is 14.7. The van der Waals surface area contributed by atoms with Gasteiger partial charge in [0.2, 0.25) is 10.0 Å². The lowest BCUT2D eigenvalue weighted by atomic mass is 10.1. The van der Waals surface area contributed by atoms with E-state index in [4.69, 9.17) is 0 Å². The Bertz CT molecular complexity index is 827. The molecule has 2 rings (SSSR count). The lowest BCUT2D eigenvalue weighted by Crippen LogP contribution is -2.39. The Hall–Kier alpha value is -2.81. The number of anilines is 2. The lowest BCUT2D eigenvalue weighted by Gasteiger charge is -2.16. The first-order valence-corrected chi connectivity index (χ1v) is 9.99. The molecule has 0 spiro atoms. The molecular weight excluding hydrogens is 354 g/mol. The van der Waals surface area contributed by atoms with Gasteiger partial charge in [0.1, 0.15) is 5.82 Å². The summed E-state index contributed by atoms with van der Waals surface area (Å²) in [5, 5.41) is 8.66. The molecule has 0 aliphatic heterocycles. The van der Waals surface area contributed by atoms with Crippen molar-refractivity contribution in [3.63, 3.8) is 0 Å². The van der Waals surface area contributed by atoms with Crippen LogP contribution in [0.25, 0.3) is 0 Å². The number of amides is 2. The fourth-order valence-electron chi connectivity index (χ4n) is 2.25. The van der Waals surface area contributed by atoms with Crippen LogP contribution in [0.5, 0.6) is 0 Å². The van der Waals surface area contributed by atoms with Crippen molar-refractivity contribution < 1.29 is 13.2 Å². The predicted octanol–water partition coefficient (Wildman–Crippen LogP) is 1.93. The molecule has 0 bridgehead atoms. The molecule has 0 fully saturated rings. The summed E-state index contributed by atoms with van der Waals surface area (Å²) in [6.45, 7) is 2.81. The molecule has 140 valence electrons. The van der Waals surface area contributed by atoms with Gasteiger partial charge in [-0.15, -0.1) is 0 Å². The van der Waals surface area contributed by atoms with E-state index in [1.54, 1.807) is 24.4 Å². The van der Waals surface area contributed by atoms with E-state index in [0.717, 1.165) is 17.6 Å². The van der Waals surface area contributed by atoms with Gasteiger partial charge in [0, 0.05) is 25.0 Å². The first-order valence-electron chi connectivity index (χ1n) is 8.10. The molecule has 9 heteroatoms. The zero-order chi connectivity index (χ0) is 19.0. The summed E-state index contributed by atoms with van der Waals surface area (Å²) in [6.07, 6.45) is 2.78. The molecule has 8 nitrogen and oxygen atoms in total. The van der Waals surface area contributed by atoms with Gasteiger partial charge in [-0.1, -0.05) is 18.2 Å². The topological polar surface area (TPSA) is 112 Å². The summed E-state index contributed by atoms with van der Waals surface area (Å²) in [7, 11) is -3.34. The molecule has 0 saturated heterocycles. The maximum absolute atomic E-state index is 12.0. The molecule has 2 amide bonds. The number of aromatic nitrogens is 1. The highest BCUT2D eigenvalue weighted by Crippen LogP contribution is 2.18. The van der Waals surface area contributed by atoms with E-state index in [9.17, 15) is 13.2 Å². The van der Waals surface area contributed by atoms with Crippen molar-refractivity contribution in [2.45, 2.75) is 13.0 Å². The first-order chi connectivity index (χ1) is 12.3. The molecule has 0 saturated carbocycles. The molecule has 0 aliphatic carbocycles. The monoisotopic (exact) mass is 377 g/mol. The number of hydrogen-bond donors (Lipinski definition) is 4. The van der Waals surface area contributed by atoms with Crippen LogP contribution in [0.4, 0.5) is 16.3 Å². The molecule has 1 aromatic carbocycles. The van der Waals surface area contributed by atoms with Crippen LogP contribution < -0.4 is 20.7 Å². The Kier molecular flexibility index (Phi) is 6.79. The molecule has 0 unspecified atom stereocenters. The van der Waals surface area contributed by atoms with Crippen molar-refractivity contribution in [1.29, 1.82) is 0 Å². The number of nitrogens with one attached hydrogen (secondary N) is 4. The second-order valence-electron chi connectivity index (χ2n) is 5.76. The van der Waals surface area contributed by atoms with Gasteiger partial charge >= 0.3 is 6.03 Å². The molecule has 0 radical (unpaired) electrons. The van der Waals surface area contributed by atoms with Gasteiger partial charge in [-0.3, -0.25) is 4.72 Å². The number of nitrogens with zero attached hydrogens (tertiary/aromatic N) is 1. The first kappa shape index (κ1) is 19.5. The van der Waals surface area contributed by atoms with Crippen LogP contribution in [0.3, 0.4) is 0 Å². The number of pyridine rings is 1. The number of urea groups is 1. The van der Waals surface area contributed by atoms with Gasteiger partial charge in [-0.25, -0.2) is 18.2 Å². The predicted molar refractivity (Wildman–Crippen MR) is 103 cm³/mol. The molecular formula is C17H23N5O3S. The Morgan fingerprint density at radius 3 is 2.65 bits per heavy atom. The van der Waals surface area contributed by atoms with Crippen LogP contribution in [0.2, 0.25) is 0 Å². The summed E-state index contributed by atoms with van der Waals surface area (Å²) >= 11 is 0. The van der Waals surface area contributed by atoms with Crippen molar-refractivity contribution in [3.05, 3.63) is 54.2 Å². The Morgan fingerprint density at radius 1 is 1.15 bits per heavy atom. The molecule has 1 aromatic heterocycles. The largest absolute Gasteiger partial charge is 0.368 e. The number of rotatable bonds is 8. The molecule has 0 aliphatic rings. The molecule has 1 heterocycles. The zero-order valence-corrected chi connectivity index (χ0v) is 15.5.